The fourth-order valence-corrected chi connectivity index (χ4v) is 1.11. The van der Waals surface area contributed by atoms with E-state index in [4.69, 9.17) is 4.74 Å². The molecule has 1 aromatic rings. The third-order valence-electron chi connectivity index (χ3n) is 1.80. The van der Waals surface area contributed by atoms with Gasteiger partial charge in [-0.3, -0.25) is 4.79 Å². The van der Waals surface area contributed by atoms with E-state index in [1.165, 1.54) is 16.8 Å². The molecule has 0 fully saturated rings. The molecule has 0 N–H and O–H groups in total. The number of ether oxygens (including phenoxy) is 1. The highest BCUT2D eigenvalue weighted by Crippen LogP contribution is 2.00. The standard InChI is InChI=1S/C10H14N2O3/c1-4-15-10(14)8-5-6-9(13)12(11-8)7(2)3/h5-7H,4H2,1-3H3. The molecule has 0 amide bonds. The first-order valence-electron chi connectivity index (χ1n) is 4.83. The van der Waals surface area contributed by atoms with Gasteiger partial charge < -0.3 is 4.74 Å². The lowest BCUT2D eigenvalue weighted by atomic mass is 10.3. The second-order valence-electron chi connectivity index (χ2n) is 3.32. The van der Waals surface area contributed by atoms with E-state index >= 15 is 0 Å². The van der Waals surface area contributed by atoms with Gasteiger partial charge in [0.25, 0.3) is 5.56 Å². The molecule has 0 aliphatic rings. The summed E-state index contributed by atoms with van der Waals surface area (Å²) in [4.78, 5) is 22.7. The van der Waals surface area contributed by atoms with Crippen molar-refractivity contribution < 1.29 is 9.53 Å². The zero-order chi connectivity index (χ0) is 11.4. The summed E-state index contributed by atoms with van der Waals surface area (Å²) < 4.78 is 6.04. The first-order valence-corrected chi connectivity index (χ1v) is 4.83. The van der Waals surface area contributed by atoms with E-state index in [0.29, 0.717) is 6.61 Å². The topological polar surface area (TPSA) is 61.2 Å². The van der Waals surface area contributed by atoms with Gasteiger partial charge in [-0.1, -0.05) is 0 Å². The Morgan fingerprint density at radius 1 is 1.53 bits per heavy atom. The van der Waals surface area contributed by atoms with Crippen molar-refractivity contribution in [2.45, 2.75) is 26.8 Å². The Balaban J connectivity index is 3.07. The minimum atomic E-state index is -0.507. The Morgan fingerprint density at radius 3 is 2.73 bits per heavy atom. The van der Waals surface area contributed by atoms with Crippen LogP contribution in [0.5, 0.6) is 0 Å². The normalized spacial score (nSPS) is 10.4. The zero-order valence-corrected chi connectivity index (χ0v) is 9.06. The maximum absolute atomic E-state index is 11.3. The summed E-state index contributed by atoms with van der Waals surface area (Å²) in [6.45, 7) is 5.66. The summed E-state index contributed by atoms with van der Waals surface area (Å²) in [5, 5.41) is 3.92. The average molecular weight is 210 g/mol. The summed E-state index contributed by atoms with van der Waals surface area (Å²) >= 11 is 0. The lowest BCUT2D eigenvalue weighted by Crippen LogP contribution is -2.26. The van der Waals surface area contributed by atoms with Crippen molar-refractivity contribution in [2.24, 2.45) is 0 Å². The first-order chi connectivity index (χ1) is 7.06. The maximum atomic E-state index is 11.3. The van der Waals surface area contributed by atoms with E-state index in [1.54, 1.807) is 6.92 Å². The van der Waals surface area contributed by atoms with Crippen LogP contribution in [0.25, 0.3) is 0 Å². The molecule has 0 saturated carbocycles. The van der Waals surface area contributed by atoms with Gasteiger partial charge in [0.2, 0.25) is 0 Å². The van der Waals surface area contributed by atoms with E-state index < -0.39 is 5.97 Å². The molecule has 1 rings (SSSR count). The predicted octanol–water partition coefficient (Wildman–Crippen LogP) is 1.00. The van der Waals surface area contributed by atoms with Gasteiger partial charge in [-0.15, -0.1) is 0 Å². The number of esters is 1. The first kappa shape index (κ1) is 11.4. The fraction of sp³-hybridized carbons (Fsp3) is 0.500. The number of nitrogens with zero attached hydrogens (tertiary/aromatic N) is 2. The monoisotopic (exact) mass is 210 g/mol. The molecular weight excluding hydrogens is 196 g/mol. The lowest BCUT2D eigenvalue weighted by Gasteiger charge is -2.08. The van der Waals surface area contributed by atoms with Gasteiger partial charge in [0.05, 0.1) is 12.6 Å². The molecule has 5 nitrogen and oxygen atoms in total. The number of carbonyl (C=O) groups excluding carboxylic acids is 1. The number of rotatable bonds is 3. The van der Waals surface area contributed by atoms with Crippen molar-refractivity contribution in [1.29, 1.82) is 0 Å². The van der Waals surface area contributed by atoms with Crippen LogP contribution < -0.4 is 5.56 Å². The zero-order valence-electron chi connectivity index (χ0n) is 9.06. The lowest BCUT2D eigenvalue weighted by molar-refractivity contribution is 0.0516. The average Bonchev–Trinajstić information content (AvgIpc) is 2.18. The van der Waals surface area contributed by atoms with E-state index in [2.05, 4.69) is 5.10 Å². The third-order valence-corrected chi connectivity index (χ3v) is 1.80. The molecule has 0 bridgehead atoms. The number of hydrogen-bond donors (Lipinski definition) is 0. The van der Waals surface area contributed by atoms with Crippen LogP contribution in [0.15, 0.2) is 16.9 Å². The second-order valence-corrected chi connectivity index (χ2v) is 3.32. The molecule has 82 valence electrons. The molecular formula is C10H14N2O3. The Hall–Kier alpha value is -1.65. The molecule has 0 aliphatic carbocycles. The highest BCUT2D eigenvalue weighted by atomic mass is 16.5. The molecule has 0 unspecified atom stereocenters. The molecule has 15 heavy (non-hydrogen) atoms. The summed E-state index contributed by atoms with van der Waals surface area (Å²) in [7, 11) is 0. The molecule has 5 heteroatoms. The minimum Gasteiger partial charge on any atom is -0.461 e. The van der Waals surface area contributed by atoms with Gasteiger partial charge in [0, 0.05) is 6.07 Å². The summed E-state index contributed by atoms with van der Waals surface area (Å²) in [5.41, 5.74) is -0.0665. The highest BCUT2D eigenvalue weighted by Gasteiger charge is 2.11. The maximum Gasteiger partial charge on any atom is 0.358 e. The van der Waals surface area contributed by atoms with Crippen molar-refractivity contribution >= 4 is 5.97 Å². The van der Waals surface area contributed by atoms with Crippen LogP contribution in [0.1, 0.15) is 37.3 Å². The Kier molecular flexibility index (Phi) is 3.60. The molecule has 0 saturated heterocycles. The van der Waals surface area contributed by atoms with E-state index in [1.807, 2.05) is 13.8 Å². The van der Waals surface area contributed by atoms with Gasteiger partial charge in [-0.25, -0.2) is 9.48 Å². The van der Waals surface area contributed by atoms with Crippen molar-refractivity contribution in [2.75, 3.05) is 6.61 Å². The molecule has 0 aromatic carbocycles. The van der Waals surface area contributed by atoms with Crippen molar-refractivity contribution in [1.82, 2.24) is 9.78 Å². The predicted molar refractivity (Wildman–Crippen MR) is 54.8 cm³/mol. The third kappa shape index (κ3) is 2.65. The minimum absolute atomic E-state index is 0.0770. The largest absolute Gasteiger partial charge is 0.461 e. The van der Waals surface area contributed by atoms with Crippen LogP contribution in [0.3, 0.4) is 0 Å². The summed E-state index contributed by atoms with van der Waals surface area (Å²) in [6, 6.07) is 2.62. The van der Waals surface area contributed by atoms with Gasteiger partial charge in [0.1, 0.15) is 0 Å². The van der Waals surface area contributed by atoms with Crippen LogP contribution in [0, 0.1) is 0 Å². The Bertz CT molecular complexity index is 409. The molecule has 1 aromatic heterocycles. The van der Waals surface area contributed by atoms with E-state index in [-0.39, 0.29) is 17.3 Å². The van der Waals surface area contributed by atoms with Gasteiger partial charge in [-0.05, 0) is 26.8 Å². The molecule has 0 radical (unpaired) electrons. The Morgan fingerprint density at radius 2 is 2.20 bits per heavy atom. The smallest absolute Gasteiger partial charge is 0.358 e. The fourth-order valence-electron chi connectivity index (χ4n) is 1.11. The second kappa shape index (κ2) is 4.72. The molecule has 0 aliphatic heterocycles. The highest BCUT2D eigenvalue weighted by molar-refractivity contribution is 5.86. The van der Waals surface area contributed by atoms with Crippen molar-refractivity contribution in [3.63, 3.8) is 0 Å². The van der Waals surface area contributed by atoms with E-state index in [0.717, 1.165) is 0 Å². The van der Waals surface area contributed by atoms with Crippen LogP contribution in [0.4, 0.5) is 0 Å². The number of carbonyl (C=O) groups is 1. The quantitative estimate of drug-likeness (QED) is 0.698. The van der Waals surface area contributed by atoms with Crippen LogP contribution >= 0.6 is 0 Å². The molecule has 1 heterocycles. The van der Waals surface area contributed by atoms with Crippen LogP contribution in [-0.4, -0.2) is 22.4 Å². The van der Waals surface area contributed by atoms with Crippen molar-refractivity contribution in [3.05, 3.63) is 28.2 Å². The summed E-state index contributed by atoms with van der Waals surface area (Å²) in [6.07, 6.45) is 0. The molecule has 0 atom stereocenters. The van der Waals surface area contributed by atoms with Gasteiger partial charge in [0.15, 0.2) is 5.69 Å². The van der Waals surface area contributed by atoms with Crippen LogP contribution in [0.2, 0.25) is 0 Å². The van der Waals surface area contributed by atoms with E-state index in [9.17, 15) is 9.59 Å². The summed E-state index contributed by atoms with van der Waals surface area (Å²) in [5.74, 6) is -0.507. The van der Waals surface area contributed by atoms with Gasteiger partial charge in [-0.2, -0.15) is 5.10 Å². The number of hydrogen-bond acceptors (Lipinski definition) is 4. The van der Waals surface area contributed by atoms with Gasteiger partial charge >= 0.3 is 5.97 Å². The Labute approximate surface area is 87.7 Å². The van der Waals surface area contributed by atoms with Crippen molar-refractivity contribution in [3.8, 4) is 0 Å². The number of aromatic nitrogens is 2. The SMILES string of the molecule is CCOC(=O)c1ccc(=O)n(C(C)C)n1. The molecule has 0 spiro atoms. The van der Waals surface area contributed by atoms with Crippen LogP contribution in [-0.2, 0) is 4.74 Å².